The molecule has 0 spiro atoms. The summed E-state index contributed by atoms with van der Waals surface area (Å²) in [7, 11) is 0. The second-order valence-corrected chi connectivity index (χ2v) is 4.93. The lowest BCUT2D eigenvalue weighted by Crippen LogP contribution is -2.18. The normalized spacial score (nSPS) is 13.7. The predicted molar refractivity (Wildman–Crippen MR) is 73.1 cm³/mol. The highest BCUT2D eigenvalue weighted by atomic mass is 19.4. The van der Waals surface area contributed by atoms with Crippen LogP contribution in [-0.4, -0.2) is 34.3 Å². The Kier molecular flexibility index (Phi) is 6.67. The lowest BCUT2D eigenvalue weighted by molar-refractivity contribution is -0.174. The van der Waals surface area contributed by atoms with E-state index < -0.39 is 18.9 Å². The number of nitrogens with zero attached hydrogens (tertiary/aromatic N) is 2. The first kappa shape index (κ1) is 18.0. The number of alkyl halides is 3. The Hall–Kier alpha value is -1.08. The van der Waals surface area contributed by atoms with E-state index in [9.17, 15) is 18.3 Å². The molecular weight excluding hydrogens is 285 g/mol. The van der Waals surface area contributed by atoms with Gasteiger partial charge >= 0.3 is 6.18 Å². The molecule has 0 amide bonds. The van der Waals surface area contributed by atoms with Crippen LogP contribution in [0.25, 0.3) is 0 Å². The Morgan fingerprint density at radius 1 is 1.29 bits per heavy atom. The number of aliphatic hydroxyl groups is 1. The van der Waals surface area contributed by atoms with Gasteiger partial charge in [-0.2, -0.15) is 18.3 Å². The predicted octanol–water partition coefficient (Wildman–Crippen LogP) is 3.03. The summed E-state index contributed by atoms with van der Waals surface area (Å²) in [6.07, 6.45) is -2.99. The summed E-state index contributed by atoms with van der Waals surface area (Å²) < 4.78 is 42.2. The molecule has 0 aliphatic rings. The van der Waals surface area contributed by atoms with Gasteiger partial charge in [0.05, 0.1) is 11.8 Å². The van der Waals surface area contributed by atoms with E-state index in [2.05, 4.69) is 9.84 Å². The van der Waals surface area contributed by atoms with E-state index in [-0.39, 0.29) is 6.61 Å². The molecule has 1 N–H and O–H groups in total. The summed E-state index contributed by atoms with van der Waals surface area (Å²) in [6, 6.07) is 0. The maximum Gasteiger partial charge on any atom is 0.411 e. The van der Waals surface area contributed by atoms with Crippen molar-refractivity contribution in [1.82, 2.24) is 9.78 Å². The maximum atomic E-state index is 11.9. The minimum absolute atomic E-state index is 0.0357. The van der Waals surface area contributed by atoms with Gasteiger partial charge in [-0.3, -0.25) is 4.68 Å². The molecule has 1 aromatic rings. The SMILES string of the molecule is CCc1nn(CCCOCC(F)(F)F)c(CC)c1C(C)O. The van der Waals surface area contributed by atoms with E-state index in [0.29, 0.717) is 19.4 Å². The maximum absolute atomic E-state index is 11.9. The van der Waals surface area contributed by atoms with Crippen molar-refractivity contribution in [2.24, 2.45) is 0 Å². The van der Waals surface area contributed by atoms with E-state index in [0.717, 1.165) is 23.4 Å². The van der Waals surface area contributed by atoms with Crippen molar-refractivity contribution in [2.45, 2.75) is 58.9 Å². The zero-order valence-corrected chi connectivity index (χ0v) is 12.7. The largest absolute Gasteiger partial charge is 0.411 e. The topological polar surface area (TPSA) is 47.3 Å². The number of aliphatic hydroxyl groups excluding tert-OH is 1. The Morgan fingerprint density at radius 2 is 1.95 bits per heavy atom. The molecular formula is C14H23F3N2O2. The van der Waals surface area contributed by atoms with Crippen LogP contribution in [-0.2, 0) is 24.1 Å². The third-order valence-electron chi connectivity index (χ3n) is 3.19. The van der Waals surface area contributed by atoms with Crippen molar-refractivity contribution in [1.29, 1.82) is 0 Å². The highest BCUT2D eigenvalue weighted by molar-refractivity contribution is 5.28. The quantitative estimate of drug-likeness (QED) is 0.751. The van der Waals surface area contributed by atoms with Gasteiger partial charge in [0.15, 0.2) is 0 Å². The lowest BCUT2D eigenvalue weighted by atomic mass is 10.0. The molecule has 1 unspecified atom stereocenters. The van der Waals surface area contributed by atoms with Gasteiger partial charge in [0.1, 0.15) is 6.61 Å². The van der Waals surface area contributed by atoms with Gasteiger partial charge in [0.2, 0.25) is 0 Å². The van der Waals surface area contributed by atoms with E-state index in [1.54, 1.807) is 11.6 Å². The monoisotopic (exact) mass is 308 g/mol. The van der Waals surface area contributed by atoms with Gasteiger partial charge in [0.25, 0.3) is 0 Å². The molecule has 0 aliphatic heterocycles. The van der Waals surface area contributed by atoms with E-state index in [4.69, 9.17) is 0 Å². The summed E-state index contributed by atoms with van der Waals surface area (Å²) in [5, 5.41) is 14.3. The van der Waals surface area contributed by atoms with Crippen LogP contribution in [0.15, 0.2) is 0 Å². The fourth-order valence-electron chi connectivity index (χ4n) is 2.37. The zero-order valence-electron chi connectivity index (χ0n) is 12.7. The van der Waals surface area contributed by atoms with Gasteiger partial charge in [0, 0.05) is 24.4 Å². The van der Waals surface area contributed by atoms with Gasteiger partial charge in [-0.15, -0.1) is 0 Å². The van der Waals surface area contributed by atoms with Crippen LogP contribution >= 0.6 is 0 Å². The Morgan fingerprint density at radius 3 is 2.43 bits per heavy atom. The zero-order chi connectivity index (χ0) is 16.0. The molecule has 122 valence electrons. The third-order valence-corrected chi connectivity index (χ3v) is 3.19. The number of halogens is 3. The van der Waals surface area contributed by atoms with Crippen LogP contribution in [0.2, 0.25) is 0 Å². The van der Waals surface area contributed by atoms with Crippen LogP contribution < -0.4 is 0 Å². The number of ether oxygens (including phenoxy) is 1. The Balaban J connectivity index is 2.63. The van der Waals surface area contributed by atoms with Crippen molar-refractivity contribution < 1.29 is 23.0 Å². The molecule has 0 aromatic carbocycles. The van der Waals surface area contributed by atoms with Gasteiger partial charge < -0.3 is 9.84 Å². The third kappa shape index (κ3) is 5.32. The number of hydrogen-bond donors (Lipinski definition) is 1. The van der Waals surface area contributed by atoms with Crippen molar-refractivity contribution in [2.75, 3.05) is 13.2 Å². The highest BCUT2D eigenvalue weighted by Gasteiger charge is 2.27. The Bertz CT molecular complexity index is 442. The van der Waals surface area contributed by atoms with Crippen LogP contribution in [0.4, 0.5) is 13.2 Å². The second-order valence-electron chi connectivity index (χ2n) is 4.93. The minimum Gasteiger partial charge on any atom is -0.389 e. The molecule has 0 bridgehead atoms. The molecule has 4 nitrogen and oxygen atoms in total. The molecule has 1 atom stereocenters. The smallest absolute Gasteiger partial charge is 0.389 e. The van der Waals surface area contributed by atoms with E-state index in [1.165, 1.54) is 0 Å². The summed E-state index contributed by atoms with van der Waals surface area (Å²) in [6.45, 7) is 4.94. The minimum atomic E-state index is -4.28. The average Bonchev–Trinajstić information content (AvgIpc) is 2.74. The van der Waals surface area contributed by atoms with Crippen molar-refractivity contribution in [3.63, 3.8) is 0 Å². The number of rotatable bonds is 8. The standard InChI is InChI=1S/C14H23F3N2O2/c1-4-11-13(10(3)20)12(5-2)19(18-11)7-6-8-21-9-14(15,16)17/h10,20H,4-9H2,1-3H3. The first-order chi connectivity index (χ1) is 9.80. The summed E-state index contributed by atoms with van der Waals surface area (Å²) in [5.41, 5.74) is 2.63. The van der Waals surface area contributed by atoms with Crippen molar-refractivity contribution in [3.05, 3.63) is 17.0 Å². The lowest BCUT2D eigenvalue weighted by Gasteiger charge is -2.10. The molecule has 0 fully saturated rings. The first-order valence-electron chi connectivity index (χ1n) is 7.21. The van der Waals surface area contributed by atoms with E-state index >= 15 is 0 Å². The molecule has 7 heteroatoms. The van der Waals surface area contributed by atoms with Gasteiger partial charge in [-0.05, 0) is 26.2 Å². The van der Waals surface area contributed by atoms with Gasteiger partial charge in [-0.1, -0.05) is 13.8 Å². The average molecular weight is 308 g/mol. The van der Waals surface area contributed by atoms with Crippen LogP contribution in [0.5, 0.6) is 0 Å². The fourth-order valence-corrected chi connectivity index (χ4v) is 2.37. The summed E-state index contributed by atoms with van der Waals surface area (Å²) in [4.78, 5) is 0. The summed E-state index contributed by atoms with van der Waals surface area (Å²) >= 11 is 0. The molecule has 1 rings (SSSR count). The van der Waals surface area contributed by atoms with Crippen LogP contribution in [0.1, 0.15) is 50.2 Å². The molecule has 1 aromatic heterocycles. The van der Waals surface area contributed by atoms with Crippen LogP contribution in [0.3, 0.4) is 0 Å². The number of aryl methyl sites for hydroxylation is 2. The molecule has 0 saturated carbocycles. The second kappa shape index (κ2) is 7.79. The summed E-state index contributed by atoms with van der Waals surface area (Å²) in [5.74, 6) is 0. The first-order valence-corrected chi connectivity index (χ1v) is 7.21. The van der Waals surface area contributed by atoms with Crippen molar-refractivity contribution in [3.8, 4) is 0 Å². The number of aromatic nitrogens is 2. The number of hydrogen-bond acceptors (Lipinski definition) is 3. The highest BCUT2D eigenvalue weighted by Crippen LogP contribution is 2.23. The Labute approximate surface area is 122 Å². The van der Waals surface area contributed by atoms with Crippen LogP contribution in [0, 0.1) is 0 Å². The molecule has 1 heterocycles. The molecule has 21 heavy (non-hydrogen) atoms. The van der Waals surface area contributed by atoms with E-state index in [1.807, 2.05) is 13.8 Å². The molecule has 0 aliphatic carbocycles. The van der Waals surface area contributed by atoms with Crippen molar-refractivity contribution >= 4 is 0 Å². The fraction of sp³-hybridized carbons (Fsp3) is 0.786. The molecule has 0 saturated heterocycles. The van der Waals surface area contributed by atoms with Gasteiger partial charge in [-0.25, -0.2) is 0 Å². The molecule has 0 radical (unpaired) electrons.